The number of nitrogen functional groups attached to an aromatic ring is 1. The monoisotopic (exact) mass is 442 g/mol. The lowest BCUT2D eigenvalue weighted by Crippen LogP contribution is -2.41. The number of nitrogens with zero attached hydrogens (tertiary/aromatic N) is 5. The number of hydrogen-bond acceptors (Lipinski definition) is 8. The highest BCUT2D eigenvalue weighted by Crippen LogP contribution is 2.33. The second-order valence-corrected chi connectivity index (χ2v) is 7.55. The molecule has 0 aromatic carbocycles. The van der Waals surface area contributed by atoms with Gasteiger partial charge in [-0.15, -0.1) is 0 Å². The van der Waals surface area contributed by atoms with E-state index in [-0.39, 0.29) is 36.6 Å². The molecule has 0 saturated carbocycles. The van der Waals surface area contributed by atoms with Crippen molar-refractivity contribution >= 4 is 17.6 Å². The van der Waals surface area contributed by atoms with Gasteiger partial charge in [-0.3, -0.25) is 0 Å². The minimum Gasteiger partial charge on any atom is -0.431 e. The van der Waals surface area contributed by atoms with E-state index in [1.54, 1.807) is 6.07 Å². The van der Waals surface area contributed by atoms with Gasteiger partial charge in [-0.05, 0) is 13.0 Å². The molecular weight excluding hydrogens is 420 g/mol. The van der Waals surface area contributed by atoms with Crippen LogP contribution in [-0.4, -0.2) is 66.4 Å². The molecule has 0 spiro atoms. The first-order valence-corrected chi connectivity index (χ1v) is 9.79. The maximum absolute atomic E-state index is 13.8. The Morgan fingerprint density at radius 2 is 2.03 bits per heavy atom. The highest BCUT2D eigenvalue weighted by molar-refractivity contribution is 5.68. The molecule has 0 radical (unpaired) electrons. The standard InChI is InChI=1S/C19H22F4N6O2/c1-11-9-28(4-5-30-11)15-7-13(12-6-14(31-17(20)21)16(24)25-8-12)26-18(27-15)29-3-2-19(22,23)10-29/h6-8,11,17H,2-5,9-10H2,1H3,(H2,24,25). The minimum atomic E-state index is -3.07. The van der Waals surface area contributed by atoms with Gasteiger partial charge in [0.15, 0.2) is 11.6 Å². The van der Waals surface area contributed by atoms with Crippen molar-refractivity contribution in [1.29, 1.82) is 0 Å². The Morgan fingerprint density at radius 1 is 1.23 bits per heavy atom. The zero-order chi connectivity index (χ0) is 22.2. The zero-order valence-corrected chi connectivity index (χ0v) is 16.8. The van der Waals surface area contributed by atoms with Gasteiger partial charge < -0.3 is 25.0 Å². The Kier molecular flexibility index (Phi) is 5.73. The smallest absolute Gasteiger partial charge is 0.387 e. The third-order valence-electron chi connectivity index (χ3n) is 5.11. The van der Waals surface area contributed by atoms with E-state index in [0.717, 1.165) is 0 Å². The summed E-state index contributed by atoms with van der Waals surface area (Å²) in [4.78, 5) is 16.2. The Balaban J connectivity index is 1.74. The van der Waals surface area contributed by atoms with Crippen molar-refractivity contribution in [2.75, 3.05) is 48.3 Å². The lowest BCUT2D eigenvalue weighted by atomic mass is 10.2. The number of anilines is 3. The van der Waals surface area contributed by atoms with Gasteiger partial charge in [-0.1, -0.05) is 0 Å². The third kappa shape index (κ3) is 4.89. The van der Waals surface area contributed by atoms with Crippen LogP contribution in [0, 0.1) is 0 Å². The lowest BCUT2D eigenvalue weighted by Gasteiger charge is -2.32. The molecule has 2 aromatic heterocycles. The zero-order valence-electron chi connectivity index (χ0n) is 16.8. The van der Waals surface area contributed by atoms with Crippen molar-refractivity contribution < 1.29 is 27.0 Å². The molecule has 2 aromatic rings. The van der Waals surface area contributed by atoms with Crippen molar-refractivity contribution in [3.8, 4) is 17.0 Å². The predicted octanol–water partition coefficient (Wildman–Crippen LogP) is 2.79. The van der Waals surface area contributed by atoms with Gasteiger partial charge in [-0.25, -0.2) is 18.7 Å². The fourth-order valence-corrected chi connectivity index (χ4v) is 3.59. The van der Waals surface area contributed by atoms with E-state index in [0.29, 0.717) is 36.8 Å². The molecule has 168 valence electrons. The van der Waals surface area contributed by atoms with Crippen LogP contribution >= 0.6 is 0 Å². The number of nitrogens with two attached hydrogens (primary N) is 1. The summed E-state index contributed by atoms with van der Waals surface area (Å²) in [6.07, 6.45) is 1.04. The Morgan fingerprint density at radius 3 is 2.71 bits per heavy atom. The molecule has 8 nitrogen and oxygen atoms in total. The SMILES string of the molecule is CC1CN(c2cc(-c3cnc(N)c(OC(F)F)c3)nc(N3CCC(F)(F)C3)n2)CCO1. The minimum absolute atomic E-state index is 0.0315. The molecule has 1 atom stereocenters. The lowest BCUT2D eigenvalue weighted by molar-refractivity contribution is -0.0494. The van der Waals surface area contributed by atoms with Crippen molar-refractivity contribution in [1.82, 2.24) is 15.0 Å². The Labute approximate surface area is 176 Å². The van der Waals surface area contributed by atoms with Crippen LogP contribution in [-0.2, 0) is 4.74 Å². The van der Waals surface area contributed by atoms with Gasteiger partial charge in [-0.2, -0.15) is 13.8 Å². The molecule has 2 fully saturated rings. The summed E-state index contributed by atoms with van der Waals surface area (Å²) in [5.74, 6) is -2.65. The molecule has 2 aliphatic rings. The first kappa shape index (κ1) is 21.3. The number of halogens is 4. The van der Waals surface area contributed by atoms with Gasteiger partial charge in [0.05, 0.1) is 24.9 Å². The molecule has 2 saturated heterocycles. The van der Waals surface area contributed by atoms with E-state index in [4.69, 9.17) is 10.5 Å². The first-order chi connectivity index (χ1) is 14.7. The fourth-order valence-electron chi connectivity index (χ4n) is 3.59. The molecule has 4 rings (SSSR count). The first-order valence-electron chi connectivity index (χ1n) is 9.79. The molecule has 4 heterocycles. The predicted molar refractivity (Wildman–Crippen MR) is 106 cm³/mol. The normalized spacial score (nSPS) is 21.0. The van der Waals surface area contributed by atoms with E-state index in [2.05, 4.69) is 19.7 Å². The number of pyridine rings is 1. The average Bonchev–Trinajstić information content (AvgIpc) is 3.09. The van der Waals surface area contributed by atoms with Crippen LogP contribution in [0.5, 0.6) is 5.75 Å². The van der Waals surface area contributed by atoms with Crippen molar-refractivity contribution in [3.63, 3.8) is 0 Å². The summed E-state index contributed by atoms with van der Waals surface area (Å²) in [7, 11) is 0. The molecule has 2 aliphatic heterocycles. The maximum atomic E-state index is 13.8. The average molecular weight is 442 g/mol. The van der Waals surface area contributed by atoms with Crippen LogP contribution in [0.25, 0.3) is 11.3 Å². The highest BCUT2D eigenvalue weighted by atomic mass is 19.3. The van der Waals surface area contributed by atoms with E-state index >= 15 is 0 Å². The number of morpholine rings is 1. The van der Waals surface area contributed by atoms with Crippen LogP contribution in [0.3, 0.4) is 0 Å². The Bertz CT molecular complexity index is 927. The van der Waals surface area contributed by atoms with Gasteiger partial charge in [0, 0.05) is 43.9 Å². The van der Waals surface area contributed by atoms with Gasteiger partial charge in [0.2, 0.25) is 5.95 Å². The van der Waals surface area contributed by atoms with Gasteiger partial charge in [0.1, 0.15) is 5.82 Å². The summed E-state index contributed by atoms with van der Waals surface area (Å²) in [6, 6.07) is 2.96. The number of ether oxygens (including phenoxy) is 2. The van der Waals surface area contributed by atoms with E-state index in [1.807, 2.05) is 11.8 Å². The van der Waals surface area contributed by atoms with E-state index < -0.39 is 19.1 Å². The number of rotatable bonds is 5. The molecule has 2 N–H and O–H groups in total. The summed E-state index contributed by atoms with van der Waals surface area (Å²) < 4.78 is 63.0. The van der Waals surface area contributed by atoms with Crippen LogP contribution in [0.15, 0.2) is 18.3 Å². The van der Waals surface area contributed by atoms with E-state index in [1.165, 1.54) is 17.2 Å². The summed E-state index contributed by atoms with van der Waals surface area (Å²) >= 11 is 0. The quantitative estimate of drug-likeness (QED) is 0.708. The second-order valence-electron chi connectivity index (χ2n) is 7.55. The molecule has 31 heavy (non-hydrogen) atoms. The van der Waals surface area contributed by atoms with Crippen molar-refractivity contribution in [2.24, 2.45) is 0 Å². The third-order valence-corrected chi connectivity index (χ3v) is 5.11. The number of aromatic nitrogens is 3. The van der Waals surface area contributed by atoms with Crippen LogP contribution in [0.4, 0.5) is 35.1 Å². The van der Waals surface area contributed by atoms with Crippen LogP contribution < -0.4 is 20.3 Å². The molecular formula is C19H22F4N6O2. The van der Waals surface area contributed by atoms with Crippen LogP contribution in [0.1, 0.15) is 13.3 Å². The van der Waals surface area contributed by atoms with Crippen molar-refractivity contribution in [2.45, 2.75) is 32.0 Å². The van der Waals surface area contributed by atoms with Crippen molar-refractivity contribution in [3.05, 3.63) is 18.3 Å². The summed E-state index contributed by atoms with van der Waals surface area (Å²) in [6.45, 7) is 0.0887. The maximum Gasteiger partial charge on any atom is 0.387 e. The topological polar surface area (TPSA) is 89.6 Å². The highest BCUT2D eigenvalue weighted by Gasteiger charge is 2.39. The largest absolute Gasteiger partial charge is 0.431 e. The van der Waals surface area contributed by atoms with E-state index in [9.17, 15) is 17.6 Å². The van der Waals surface area contributed by atoms with Gasteiger partial charge >= 0.3 is 6.61 Å². The summed E-state index contributed by atoms with van der Waals surface area (Å²) in [5.41, 5.74) is 6.30. The number of alkyl halides is 4. The fraction of sp³-hybridized carbons (Fsp3) is 0.526. The molecule has 0 aliphatic carbocycles. The van der Waals surface area contributed by atoms with Gasteiger partial charge in [0.25, 0.3) is 5.92 Å². The molecule has 1 unspecified atom stereocenters. The molecule has 0 amide bonds. The molecule has 0 bridgehead atoms. The molecule has 12 heteroatoms. The Hall–Kier alpha value is -2.89. The van der Waals surface area contributed by atoms with Crippen LogP contribution in [0.2, 0.25) is 0 Å². The number of hydrogen-bond donors (Lipinski definition) is 1. The second kappa shape index (κ2) is 8.33. The summed E-state index contributed by atoms with van der Waals surface area (Å²) in [5, 5.41) is 0.